The molecule has 0 radical (unpaired) electrons. The highest BCUT2D eigenvalue weighted by atomic mass is 35.5. The number of ether oxygens (including phenoxy) is 1. The van der Waals surface area contributed by atoms with Gasteiger partial charge in [-0.25, -0.2) is 18.7 Å². The van der Waals surface area contributed by atoms with Crippen molar-refractivity contribution < 1.29 is 13.5 Å². The summed E-state index contributed by atoms with van der Waals surface area (Å²) in [5.74, 6) is -2.31. The van der Waals surface area contributed by atoms with Crippen molar-refractivity contribution in [1.29, 1.82) is 0 Å². The topological polar surface area (TPSA) is 38.2 Å². The molecule has 1 atom stereocenters. The number of nitrogens with zero attached hydrogens (tertiary/aromatic N) is 3. The van der Waals surface area contributed by atoms with Crippen LogP contribution >= 0.6 is 11.6 Å². The van der Waals surface area contributed by atoms with Gasteiger partial charge in [0.1, 0.15) is 17.3 Å². The standard InChI is InChI=1S/C10H12ClF2N3O/c1-17-4-7-3-10(12,13)5-16(7)9-2-8(11)14-6-15-9/h2,6-7H,3-5H2,1H3/t7-/m0/s1. The molecule has 2 heterocycles. The Kier molecular flexibility index (Phi) is 3.44. The molecular formula is C10H12ClF2N3O. The highest BCUT2D eigenvalue weighted by Crippen LogP contribution is 2.35. The first-order chi connectivity index (χ1) is 8.02. The first-order valence-electron chi connectivity index (χ1n) is 5.13. The second-order valence-electron chi connectivity index (χ2n) is 4.00. The van der Waals surface area contributed by atoms with E-state index in [4.69, 9.17) is 16.3 Å². The van der Waals surface area contributed by atoms with Crippen LogP contribution in [0.2, 0.25) is 5.15 Å². The molecule has 1 aromatic rings. The molecule has 0 N–H and O–H groups in total. The third-order valence-electron chi connectivity index (χ3n) is 2.65. The second kappa shape index (κ2) is 4.70. The van der Waals surface area contributed by atoms with Crippen molar-refractivity contribution in [2.24, 2.45) is 0 Å². The van der Waals surface area contributed by atoms with Crippen molar-refractivity contribution in [3.05, 3.63) is 17.5 Å². The number of aromatic nitrogens is 2. The summed E-state index contributed by atoms with van der Waals surface area (Å²) in [6.45, 7) is -0.133. The predicted octanol–water partition coefficient (Wildman–Crippen LogP) is 1.99. The lowest BCUT2D eigenvalue weighted by Gasteiger charge is -2.24. The summed E-state index contributed by atoms with van der Waals surface area (Å²) in [7, 11) is 1.49. The Bertz CT molecular complexity index is 405. The average Bonchev–Trinajstić information content (AvgIpc) is 2.54. The van der Waals surface area contributed by atoms with Gasteiger partial charge in [-0.05, 0) is 0 Å². The number of methoxy groups -OCH3 is 1. The fraction of sp³-hybridized carbons (Fsp3) is 0.600. The fourth-order valence-electron chi connectivity index (χ4n) is 1.99. The van der Waals surface area contributed by atoms with Gasteiger partial charge in [0.25, 0.3) is 5.92 Å². The lowest BCUT2D eigenvalue weighted by molar-refractivity contribution is 0.0189. The summed E-state index contributed by atoms with van der Waals surface area (Å²) in [5, 5.41) is 0.237. The SMILES string of the molecule is COC[C@@H]1CC(F)(F)CN1c1cc(Cl)ncn1. The van der Waals surface area contributed by atoms with Gasteiger partial charge in [-0.1, -0.05) is 11.6 Å². The van der Waals surface area contributed by atoms with Gasteiger partial charge in [0, 0.05) is 19.6 Å². The van der Waals surface area contributed by atoms with Crippen molar-refractivity contribution >= 4 is 17.4 Å². The van der Waals surface area contributed by atoms with Crippen LogP contribution in [0.15, 0.2) is 12.4 Å². The van der Waals surface area contributed by atoms with Crippen molar-refractivity contribution in [1.82, 2.24) is 9.97 Å². The van der Waals surface area contributed by atoms with Gasteiger partial charge in [0.15, 0.2) is 0 Å². The smallest absolute Gasteiger partial charge is 0.267 e. The summed E-state index contributed by atoms with van der Waals surface area (Å²) in [5.41, 5.74) is 0. The van der Waals surface area contributed by atoms with Gasteiger partial charge < -0.3 is 9.64 Å². The summed E-state index contributed by atoms with van der Waals surface area (Å²) in [6, 6.07) is 1.09. The van der Waals surface area contributed by atoms with Gasteiger partial charge in [-0.15, -0.1) is 0 Å². The molecule has 2 rings (SSSR count). The number of anilines is 1. The van der Waals surface area contributed by atoms with E-state index in [1.165, 1.54) is 24.4 Å². The monoisotopic (exact) mass is 263 g/mol. The Morgan fingerprint density at radius 3 is 3.00 bits per heavy atom. The zero-order valence-corrected chi connectivity index (χ0v) is 9.99. The third-order valence-corrected chi connectivity index (χ3v) is 2.86. The first-order valence-corrected chi connectivity index (χ1v) is 5.50. The van der Waals surface area contributed by atoms with E-state index in [0.717, 1.165) is 0 Å². The summed E-state index contributed by atoms with van der Waals surface area (Å²) < 4.78 is 31.7. The van der Waals surface area contributed by atoms with Crippen LogP contribution in [0.5, 0.6) is 0 Å². The summed E-state index contributed by atoms with van der Waals surface area (Å²) in [4.78, 5) is 9.20. The van der Waals surface area contributed by atoms with Crippen molar-refractivity contribution in [3.8, 4) is 0 Å². The van der Waals surface area contributed by atoms with Crippen LogP contribution in [0.4, 0.5) is 14.6 Å². The molecule has 17 heavy (non-hydrogen) atoms. The molecular weight excluding hydrogens is 252 g/mol. The largest absolute Gasteiger partial charge is 0.383 e. The molecule has 0 saturated carbocycles. The maximum Gasteiger partial charge on any atom is 0.267 e. The number of alkyl halides is 2. The third kappa shape index (κ3) is 2.81. The Hall–Kier alpha value is -1.01. The number of hydrogen-bond donors (Lipinski definition) is 0. The van der Waals surface area contributed by atoms with Crippen LogP contribution in [-0.4, -0.2) is 42.2 Å². The molecule has 1 fully saturated rings. The lowest BCUT2D eigenvalue weighted by atomic mass is 10.2. The van der Waals surface area contributed by atoms with E-state index in [1.807, 2.05) is 0 Å². The highest BCUT2D eigenvalue weighted by Gasteiger charge is 2.45. The minimum absolute atomic E-state index is 0.233. The van der Waals surface area contributed by atoms with Crippen LogP contribution in [0.3, 0.4) is 0 Å². The van der Waals surface area contributed by atoms with Crippen LogP contribution in [0, 0.1) is 0 Å². The Morgan fingerprint density at radius 2 is 2.35 bits per heavy atom. The van der Waals surface area contributed by atoms with Crippen molar-refractivity contribution in [2.75, 3.05) is 25.2 Å². The lowest BCUT2D eigenvalue weighted by Crippen LogP contribution is -2.34. The first kappa shape index (κ1) is 12.4. The quantitative estimate of drug-likeness (QED) is 0.782. The molecule has 0 aromatic carbocycles. The fourth-order valence-corrected chi connectivity index (χ4v) is 2.13. The molecule has 0 spiro atoms. The van der Waals surface area contributed by atoms with Gasteiger partial charge in [-0.2, -0.15) is 0 Å². The molecule has 94 valence electrons. The van der Waals surface area contributed by atoms with E-state index in [9.17, 15) is 8.78 Å². The van der Waals surface area contributed by atoms with Crippen LogP contribution < -0.4 is 4.90 Å². The summed E-state index contributed by atoms with van der Waals surface area (Å²) in [6.07, 6.45) is 1.03. The molecule has 1 saturated heterocycles. The molecule has 4 nitrogen and oxygen atoms in total. The van der Waals surface area contributed by atoms with Crippen LogP contribution in [0.25, 0.3) is 0 Å². The van der Waals surface area contributed by atoms with E-state index in [-0.39, 0.29) is 30.8 Å². The maximum atomic E-state index is 13.4. The number of hydrogen-bond acceptors (Lipinski definition) is 4. The average molecular weight is 264 g/mol. The van der Waals surface area contributed by atoms with E-state index in [0.29, 0.717) is 5.82 Å². The Balaban J connectivity index is 2.23. The molecule has 1 aliphatic rings. The van der Waals surface area contributed by atoms with Gasteiger partial charge in [0.2, 0.25) is 0 Å². The van der Waals surface area contributed by atoms with E-state index >= 15 is 0 Å². The molecule has 7 heteroatoms. The molecule has 1 aliphatic heterocycles. The van der Waals surface area contributed by atoms with Gasteiger partial charge in [0.05, 0.1) is 19.2 Å². The predicted molar refractivity (Wildman–Crippen MR) is 59.6 cm³/mol. The number of rotatable bonds is 3. The minimum atomic E-state index is -2.72. The van der Waals surface area contributed by atoms with Crippen LogP contribution in [0.1, 0.15) is 6.42 Å². The maximum absolute atomic E-state index is 13.4. The number of halogens is 3. The molecule has 0 bridgehead atoms. The van der Waals surface area contributed by atoms with E-state index < -0.39 is 5.92 Å². The Labute approximate surface area is 103 Å². The zero-order valence-electron chi connectivity index (χ0n) is 9.24. The zero-order chi connectivity index (χ0) is 12.5. The normalized spacial score (nSPS) is 23.1. The summed E-state index contributed by atoms with van der Waals surface area (Å²) >= 11 is 5.72. The van der Waals surface area contributed by atoms with Crippen molar-refractivity contribution in [2.45, 2.75) is 18.4 Å². The highest BCUT2D eigenvalue weighted by molar-refractivity contribution is 6.29. The molecule has 0 unspecified atom stereocenters. The molecule has 1 aromatic heterocycles. The second-order valence-corrected chi connectivity index (χ2v) is 4.38. The molecule has 0 aliphatic carbocycles. The minimum Gasteiger partial charge on any atom is -0.383 e. The van der Waals surface area contributed by atoms with E-state index in [2.05, 4.69) is 9.97 Å². The van der Waals surface area contributed by atoms with E-state index in [1.54, 1.807) is 0 Å². The van der Waals surface area contributed by atoms with Gasteiger partial charge >= 0.3 is 0 Å². The van der Waals surface area contributed by atoms with Gasteiger partial charge in [-0.3, -0.25) is 0 Å². The van der Waals surface area contributed by atoms with Crippen molar-refractivity contribution in [3.63, 3.8) is 0 Å². The Morgan fingerprint density at radius 1 is 1.59 bits per heavy atom. The van der Waals surface area contributed by atoms with Crippen LogP contribution in [-0.2, 0) is 4.74 Å². The molecule has 0 amide bonds.